The molecule has 12 nitrogen and oxygen atoms in total. The summed E-state index contributed by atoms with van der Waals surface area (Å²) in [6, 6.07) is 11.8. The first-order valence-corrected chi connectivity index (χ1v) is 14.8. The number of morpholine rings is 1. The molecule has 4 bridgehead atoms. The van der Waals surface area contributed by atoms with Crippen LogP contribution in [-0.4, -0.2) is 92.9 Å². The molecule has 0 unspecified atom stereocenters. The van der Waals surface area contributed by atoms with Gasteiger partial charge in [0.2, 0.25) is 0 Å². The summed E-state index contributed by atoms with van der Waals surface area (Å²) in [5.74, 6) is -0.0427. The summed E-state index contributed by atoms with van der Waals surface area (Å²) >= 11 is 0. The van der Waals surface area contributed by atoms with Crippen LogP contribution in [0.1, 0.15) is 32.7 Å². The molecular weight excluding hydrogens is 585 g/mol. The standard InChI is InChI=1S/C32H34FN5O7/c1-42-27-4-2-21-14-28(27)44-19-30(39)36-25-18-38(32(41)22-3-5-29(34-17-22)37-8-10-43-11-9-37)7-6-26(25)45-24-13-20(12-23(33)15-24)16-35-31(21)40/h2-5,12-15,17,25-26H,6-11,16,18-19H2,1H3,(H,35,40)(H,36,39)/t25-,26+/m1/s1. The van der Waals surface area contributed by atoms with Gasteiger partial charge in [0, 0.05) is 57.0 Å². The van der Waals surface area contributed by atoms with Crippen molar-refractivity contribution in [2.75, 3.05) is 58.0 Å². The van der Waals surface area contributed by atoms with E-state index in [1.165, 1.54) is 25.3 Å². The van der Waals surface area contributed by atoms with Crippen molar-refractivity contribution in [3.8, 4) is 17.2 Å². The fourth-order valence-electron chi connectivity index (χ4n) is 5.64. The molecule has 3 aliphatic rings. The second-order valence-electron chi connectivity index (χ2n) is 11.0. The van der Waals surface area contributed by atoms with Crippen molar-refractivity contribution in [2.24, 2.45) is 0 Å². The van der Waals surface area contributed by atoms with Gasteiger partial charge in [-0.25, -0.2) is 9.37 Å². The van der Waals surface area contributed by atoms with E-state index in [4.69, 9.17) is 18.9 Å². The number of hydrogen-bond donors (Lipinski definition) is 2. The zero-order chi connectivity index (χ0) is 31.3. The van der Waals surface area contributed by atoms with E-state index in [0.29, 0.717) is 43.1 Å². The second-order valence-corrected chi connectivity index (χ2v) is 11.0. The number of piperidine rings is 1. The van der Waals surface area contributed by atoms with Crippen molar-refractivity contribution in [1.29, 1.82) is 0 Å². The summed E-state index contributed by atoms with van der Waals surface area (Å²) in [4.78, 5) is 47.8. The number of carbonyl (C=O) groups excluding carboxylic acids is 3. The number of amides is 3. The number of nitrogens with zero attached hydrogens (tertiary/aromatic N) is 3. The third-order valence-electron chi connectivity index (χ3n) is 7.97. The second kappa shape index (κ2) is 13.4. The minimum Gasteiger partial charge on any atom is -0.493 e. The molecule has 0 saturated carbocycles. The Bertz CT molecular complexity index is 1560. The molecule has 1 aromatic heterocycles. The molecule has 2 aromatic carbocycles. The average Bonchev–Trinajstić information content (AvgIpc) is 3.06. The van der Waals surface area contributed by atoms with Gasteiger partial charge in [-0.05, 0) is 48.0 Å². The molecule has 3 aromatic rings. The predicted molar refractivity (Wildman–Crippen MR) is 160 cm³/mol. The van der Waals surface area contributed by atoms with Crippen molar-refractivity contribution < 1.29 is 37.7 Å². The van der Waals surface area contributed by atoms with Crippen LogP contribution in [0.4, 0.5) is 10.2 Å². The van der Waals surface area contributed by atoms with Crippen LogP contribution in [0.25, 0.3) is 0 Å². The largest absolute Gasteiger partial charge is 0.493 e. The Morgan fingerprint density at radius 3 is 2.69 bits per heavy atom. The van der Waals surface area contributed by atoms with E-state index in [1.54, 1.807) is 35.4 Å². The summed E-state index contributed by atoms with van der Waals surface area (Å²) in [5.41, 5.74) is 1.20. The van der Waals surface area contributed by atoms with Crippen molar-refractivity contribution in [2.45, 2.75) is 25.1 Å². The Labute approximate surface area is 259 Å². The Balaban J connectivity index is 1.23. The van der Waals surface area contributed by atoms with Crippen molar-refractivity contribution >= 4 is 23.5 Å². The number of ether oxygens (including phenoxy) is 4. The normalized spacial score (nSPS) is 20.6. The van der Waals surface area contributed by atoms with Crippen LogP contribution < -0.4 is 29.7 Å². The van der Waals surface area contributed by atoms with Gasteiger partial charge in [0.05, 0.1) is 31.9 Å². The molecule has 3 amide bonds. The van der Waals surface area contributed by atoms with Crippen LogP contribution >= 0.6 is 0 Å². The number of halogens is 1. The van der Waals surface area contributed by atoms with Crippen LogP contribution in [0, 0.1) is 5.82 Å². The zero-order valence-corrected chi connectivity index (χ0v) is 24.8. The summed E-state index contributed by atoms with van der Waals surface area (Å²) < 4.78 is 37.4. The molecule has 2 N–H and O–H groups in total. The highest BCUT2D eigenvalue weighted by Gasteiger charge is 2.35. The number of pyridine rings is 1. The number of benzene rings is 2. The van der Waals surface area contributed by atoms with Gasteiger partial charge in [0.1, 0.15) is 23.5 Å². The number of hydrogen-bond acceptors (Lipinski definition) is 9. The minimum absolute atomic E-state index is 0.0562. The van der Waals surface area contributed by atoms with E-state index in [0.717, 1.165) is 18.9 Å². The summed E-state index contributed by atoms with van der Waals surface area (Å²) in [5, 5.41) is 5.71. The number of methoxy groups -OCH3 is 1. The number of fused-ring (bicyclic) bond motifs is 5. The van der Waals surface area contributed by atoms with Gasteiger partial charge in [-0.2, -0.15) is 0 Å². The van der Waals surface area contributed by atoms with Crippen LogP contribution in [0.15, 0.2) is 54.7 Å². The van der Waals surface area contributed by atoms with E-state index < -0.39 is 29.8 Å². The third kappa shape index (κ3) is 7.09. The van der Waals surface area contributed by atoms with E-state index in [1.807, 2.05) is 6.07 Å². The fraction of sp³-hybridized carbons (Fsp3) is 0.375. The Morgan fingerprint density at radius 2 is 1.91 bits per heavy atom. The van der Waals surface area contributed by atoms with Crippen LogP contribution in [0.2, 0.25) is 0 Å². The van der Waals surface area contributed by atoms with E-state index in [-0.39, 0.29) is 42.7 Å². The molecule has 2 fully saturated rings. The maximum absolute atomic E-state index is 14.6. The molecule has 4 heterocycles. The maximum Gasteiger partial charge on any atom is 0.258 e. The number of likely N-dealkylation sites (tertiary alicyclic amines) is 1. The van der Waals surface area contributed by atoms with Crippen LogP contribution in [0.3, 0.4) is 0 Å². The summed E-state index contributed by atoms with van der Waals surface area (Å²) in [6.45, 7) is 2.90. The first-order valence-electron chi connectivity index (χ1n) is 14.8. The van der Waals surface area contributed by atoms with Gasteiger partial charge in [-0.3, -0.25) is 14.4 Å². The highest BCUT2D eigenvalue weighted by atomic mass is 19.1. The molecule has 6 rings (SSSR count). The van der Waals surface area contributed by atoms with Crippen molar-refractivity contribution in [3.63, 3.8) is 0 Å². The lowest BCUT2D eigenvalue weighted by Gasteiger charge is -2.39. The van der Waals surface area contributed by atoms with E-state index in [2.05, 4.69) is 20.5 Å². The smallest absolute Gasteiger partial charge is 0.258 e. The molecule has 0 aliphatic carbocycles. The zero-order valence-electron chi connectivity index (χ0n) is 24.8. The maximum atomic E-state index is 14.6. The lowest BCUT2D eigenvalue weighted by atomic mass is 10.0. The number of aromatic nitrogens is 1. The van der Waals surface area contributed by atoms with Crippen molar-refractivity contribution in [3.05, 3.63) is 77.2 Å². The number of nitrogens with one attached hydrogen (secondary N) is 2. The SMILES string of the molecule is COc1ccc2cc1OCC(=O)N[C@@H]1CN(C(=O)c3ccc(N4CCOCC4)nc3)CC[C@@H]1Oc1cc(F)cc(c1)CNC2=O. The molecule has 13 heteroatoms. The van der Waals surface area contributed by atoms with Crippen molar-refractivity contribution in [1.82, 2.24) is 20.5 Å². The van der Waals surface area contributed by atoms with E-state index >= 15 is 0 Å². The highest BCUT2D eigenvalue weighted by Crippen LogP contribution is 2.29. The number of anilines is 1. The quantitative estimate of drug-likeness (QED) is 0.453. The van der Waals surface area contributed by atoms with Gasteiger partial charge in [-0.15, -0.1) is 0 Å². The summed E-state index contributed by atoms with van der Waals surface area (Å²) in [7, 11) is 1.46. The lowest BCUT2D eigenvalue weighted by Crippen LogP contribution is -2.58. The average molecular weight is 620 g/mol. The fourth-order valence-corrected chi connectivity index (χ4v) is 5.64. The van der Waals surface area contributed by atoms with Gasteiger partial charge in [0.25, 0.3) is 17.7 Å². The van der Waals surface area contributed by atoms with Gasteiger partial charge in [0.15, 0.2) is 18.1 Å². The Kier molecular flexibility index (Phi) is 8.96. The predicted octanol–water partition coefficient (Wildman–Crippen LogP) is 2.17. The Hall–Kier alpha value is -4.91. The Morgan fingerprint density at radius 1 is 1.07 bits per heavy atom. The molecule has 0 spiro atoms. The van der Waals surface area contributed by atoms with E-state index in [9.17, 15) is 18.8 Å². The van der Waals surface area contributed by atoms with Gasteiger partial charge in [-0.1, -0.05) is 0 Å². The number of rotatable bonds is 3. The minimum atomic E-state index is -0.632. The van der Waals surface area contributed by atoms with Gasteiger partial charge < -0.3 is 39.4 Å². The first kappa shape index (κ1) is 30.1. The molecule has 3 aliphatic heterocycles. The molecule has 0 radical (unpaired) electrons. The molecule has 2 atom stereocenters. The van der Waals surface area contributed by atoms with Crippen LogP contribution in [0.5, 0.6) is 17.2 Å². The highest BCUT2D eigenvalue weighted by molar-refractivity contribution is 5.95. The molecule has 45 heavy (non-hydrogen) atoms. The topological polar surface area (TPSA) is 132 Å². The first-order chi connectivity index (χ1) is 21.9. The monoisotopic (exact) mass is 619 g/mol. The lowest BCUT2D eigenvalue weighted by molar-refractivity contribution is -0.125. The van der Waals surface area contributed by atoms with Gasteiger partial charge >= 0.3 is 0 Å². The van der Waals surface area contributed by atoms with Crippen LogP contribution in [-0.2, 0) is 16.1 Å². The number of carbonyl (C=O) groups is 3. The molecule has 2 saturated heterocycles. The molecular formula is C32H34FN5O7. The summed E-state index contributed by atoms with van der Waals surface area (Å²) in [6.07, 6.45) is 1.36. The third-order valence-corrected chi connectivity index (χ3v) is 7.97. The molecule has 236 valence electrons.